The van der Waals surface area contributed by atoms with Crippen LogP contribution in [0.3, 0.4) is 0 Å². The van der Waals surface area contributed by atoms with Crippen LogP contribution in [0.15, 0.2) is 109 Å². The summed E-state index contributed by atoms with van der Waals surface area (Å²) in [5.74, 6) is 0.736. The molecule has 2 aliphatic heterocycles. The Balaban J connectivity index is 0.00000469. The zero-order chi connectivity index (χ0) is 39.2. The van der Waals surface area contributed by atoms with Crippen LogP contribution in [0, 0.1) is 6.92 Å². The van der Waals surface area contributed by atoms with Gasteiger partial charge in [0.1, 0.15) is 5.75 Å². The molecule has 2 aliphatic rings. The minimum absolute atomic E-state index is 0. The Morgan fingerprint density at radius 3 is 1.84 bits per heavy atom. The number of carbonyl (C=O) groups is 1. The molecular weight excluding hydrogens is 774 g/mol. The predicted octanol–water partition coefficient (Wildman–Crippen LogP) is 11.1. The normalized spacial score (nSPS) is 11.8. The van der Waals surface area contributed by atoms with E-state index in [0.717, 1.165) is 72.2 Å². The first kappa shape index (κ1) is 38.3. The Morgan fingerprint density at radius 2 is 1.21 bits per heavy atom. The SMILES string of the molecule is COc1c(-c2c3nc(c(-c4ccccc4)c4ccc(cc5nc(c(-c6ccccc6)c6ccc2[n-]6)C=C5)[n-]4)C=C3)c(OC(C)C)c(OC(C)=O)c2c(C)cccc12.[Zn+2]. The minimum atomic E-state index is -0.473. The summed E-state index contributed by atoms with van der Waals surface area (Å²) in [4.78, 5) is 33.9. The molecule has 0 amide bonds. The van der Waals surface area contributed by atoms with Crippen molar-refractivity contribution in [3.05, 3.63) is 138 Å². The Kier molecular flexibility index (Phi) is 10.4. The summed E-state index contributed by atoms with van der Waals surface area (Å²) >= 11 is 0. The van der Waals surface area contributed by atoms with Crippen LogP contribution in [-0.2, 0) is 24.3 Å². The summed E-state index contributed by atoms with van der Waals surface area (Å²) in [5.41, 5.74) is 11.6. The Morgan fingerprint density at radius 1 is 0.621 bits per heavy atom. The zero-order valence-electron chi connectivity index (χ0n) is 32.9. The largest absolute Gasteiger partial charge is 2.00 e. The van der Waals surface area contributed by atoms with E-state index in [1.807, 2.05) is 130 Å². The van der Waals surface area contributed by atoms with Gasteiger partial charge in [-0.2, -0.15) is 0 Å². The molecule has 9 rings (SSSR count). The van der Waals surface area contributed by atoms with Gasteiger partial charge in [0.15, 0.2) is 11.5 Å². The van der Waals surface area contributed by atoms with Crippen LogP contribution in [-0.4, -0.2) is 29.2 Å². The Labute approximate surface area is 349 Å². The molecule has 8 nitrogen and oxygen atoms in total. The molecule has 7 aromatic rings. The molecule has 0 radical (unpaired) electrons. The van der Waals surface area contributed by atoms with Crippen LogP contribution in [0.25, 0.3) is 90.5 Å². The summed E-state index contributed by atoms with van der Waals surface area (Å²) in [6, 6.07) is 36.2. The van der Waals surface area contributed by atoms with Crippen LogP contribution < -0.4 is 24.2 Å². The Hall–Kier alpha value is -6.57. The summed E-state index contributed by atoms with van der Waals surface area (Å²) < 4.78 is 19.2. The van der Waals surface area contributed by atoms with E-state index in [-0.39, 0.29) is 25.6 Å². The van der Waals surface area contributed by atoms with Crippen molar-refractivity contribution in [3.63, 3.8) is 0 Å². The average molecular weight is 812 g/mol. The van der Waals surface area contributed by atoms with E-state index in [1.54, 1.807) is 7.11 Å². The van der Waals surface area contributed by atoms with E-state index < -0.39 is 5.97 Å². The van der Waals surface area contributed by atoms with E-state index in [1.165, 1.54) is 6.92 Å². The average Bonchev–Trinajstić information content (AvgIpc) is 4.04. The molecule has 0 saturated carbocycles. The second kappa shape index (κ2) is 15.8. The molecule has 4 aromatic carbocycles. The third-order valence-electron chi connectivity index (χ3n) is 10.0. The number of nitrogens with zero attached hydrogens (tertiary/aromatic N) is 4. The van der Waals surface area contributed by atoms with Gasteiger partial charge in [-0.3, -0.25) is 4.79 Å². The third-order valence-corrected chi connectivity index (χ3v) is 10.0. The van der Waals surface area contributed by atoms with Crippen LogP contribution >= 0.6 is 0 Å². The number of hydrogen-bond donors (Lipinski definition) is 0. The van der Waals surface area contributed by atoms with Gasteiger partial charge in [-0.1, -0.05) is 109 Å². The summed E-state index contributed by atoms with van der Waals surface area (Å²) in [5, 5.41) is 1.47. The number of esters is 1. The standard InChI is InChI=1S/C49H38N4O4.Zn/c1-28(2)56-49-46(47(55-5)35-18-12-13-29(3)42(35)48(49)57-30(4)54)45-40-25-23-38(52-40)43(31-14-8-6-9-15-31)36-21-19-33(50-36)27-34-20-22-37(51-34)44(32-16-10-7-11-17-32)39-24-26-41(45)53-39;/h6-28H,1-5H3;/q-2;+2. The fourth-order valence-electron chi connectivity index (χ4n) is 7.73. The van der Waals surface area contributed by atoms with Crippen molar-refractivity contribution < 1.29 is 38.5 Å². The second-order valence-corrected chi connectivity index (χ2v) is 14.3. The van der Waals surface area contributed by atoms with Gasteiger partial charge in [-0.05, 0) is 72.9 Å². The van der Waals surface area contributed by atoms with Gasteiger partial charge >= 0.3 is 25.4 Å². The number of methoxy groups -OCH3 is 1. The number of hydrogen-bond acceptors (Lipinski definition) is 6. The maximum absolute atomic E-state index is 12.9. The quantitative estimate of drug-likeness (QED) is 0.0891. The van der Waals surface area contributed by atoms with Crippen LogP contribution in [0.5, 0.6) is 17.2 Å². The number of aryl methyl sites for hydroxylation is 1. The maximum atomic E-state index is 12.9. The number of carbonyl (C=O) groups excluding carboxylic acids is 1. The zero-order valence-corrected chi connectivity index (χ0v) is 35.9. The molecule has 5 heterocycles. The molecule has 0 fully saturated rings. The van der Waals surface area contributed by atoms with Crippen LogP contribution in [0.4, 0.5) is 0 Å². The van der Waals surface area contributed by atoms with Gasteiger partial charge in [-0.15, -0.1) is 22.1 Å². The molecule has 8 bridgehead atoms. The maximum Gasteiger partial charge on any atom is 2.00 e. The van der Waals surface area contributed by atoms with E-state index in [0.29, 0.717) is 39.6 Å². The monoisotopic (exact) mass is 810 g/mol. The van der Waals surface area contributed by atoms with Crippen LogP contribution in [0.1, 0.15) is 49.1 Å². The first-order valence-electron chi connectivity index (χ1n) is 18.9. The number of benzene rings is 4. The molecule has 0 spiro atoms. The molecule has 9 heteroatoms. The molecule has 0 saturated heterocycles. The van der Waals surface area contributed by atoms with E-state index >= 15 is 0 Å². The van der Waals surface area contributed by atoms with Gasteiger partial charge in [0.05, 0.1) is 41.6 Å². The van der Waals surface area contributed by atoms with Gasteiger partial charge < -0.3 is 24.2 Å². The first-order valence-corrected chi connectivity index (χ1v) is 18.9. The third kappa shape index (κ3) is 6.92. The fourth-order valence-corrected chi connectivity index (χ4v) is 7.73. The van der Waals surface area contributed by atoms with Crippen molar-refractivity contribution in [2.24, 2.45) is 0 Å². The predicted molar refractivity (Wildman–Crippen MR) is 229 cm³/mol. The van der Waals surface area contributed by atoms with E-state index in [2.05, 4.69) is 24.3 Å². The van der Waals surface area contributed by atoms with Gasteiger partial charge in [0.25, 0.3) is 0 Å². The van der Waals surface area contributed by atoms with E-state index in [9.17, 15) is 4.79 Å². The van der Waals surface area contributed by atoms with Crippen molar-refractivity contribution in [3.8, 4) is 50.6 Å². The number of ether oxygens (including phenoxy) is 3. The smallest absolute Gasteiger partial charge is 0.657 e. The van der Waals surface area contributed by atoms with Crippen molar-refractivity contribution in [2.75, 3.05) is 7.11 Å². The van der Waals surface area contributed by atoms with Crippen molar-refractivity contribution in [2.45, 2.75) is 33.8 Å². The fraction of sp³-hybridized carbons (Fsp3) is 0.122. The van der Waals surface area contributed by atoms with Crippen LogP contribution in [0.2, 0.25) is 0 Å². The summed E-state index contributed by atoms with van der Waals surface area (Å²) in [6.45, 7) is 7.27. The molecule has 0 atom stereocenters. The number of rotatable bonds is 7. The minimum Gasteiger partial charge on any atom is -0.657 e. The molecule has 280 valence electrons. The molecule has 58 heavy (non-hydrogen) atoms. The van der Waals surface area contributed by atoms with Gasteiger partial charge in [0.2, 0.25) is 0 Å². The number of aromatic nitrogens is 4. The molecule has 0 unspecified atom stereocenters. The summed E-state index contributed by atoms with van der Waals surface area (Å²) in [6.07, 6.45) is 7.73. The number of fused-ring (bicyclic) bond motifs is 9. The van der Waals surface area contributed by atoms with E-state index in [4.69, 9.17) is 34.1 Å². The molecular formula is C49H38N4O4Zn. The first-order chi connectivity index (χ1) is 27.8. The Bertz CT molecular complexity index is 2930. The van der Waals surface area contributed by atoms with Gasteiger partial charge in [0, 0.05) is 23.3 Å². The van der Waals surface area contributed by atoms with Crippen molar-refractivity contribution >= 4 is 63.1 Å². The molecule has 0 aliphatic carbocycles. The topological polar surface area (TPSA) is 98.7 Å². The van der Waals surface area contributed by atoms with Crippen molar-refractivity contribution in [1.82, 2.24) is 19.9 Å². The molecule has 3 aromatic heterocycles. The second-order valence-electron chi connectivity index (χ2n) is 14.3. The molecule has 0 N–H and O–H groups in total. The summed E-state index contributed by atoms with van der Waals surface area (Å²) in [7, 11) is 1.64. The van der Waals surface area contributed by atoms with Gasteiger partial charge in [-0.25, -0.2) is 9.97 Å². The van der Waals surface area contributed by atoms with Crippen molar-refractivity contribution in [1.29, 1.82) is 0 Å².